The molecule has 2 heterocycles. The van der Waals surface area contributed by atoms with Crippen molar-refractivity contribution in [2.24, 2.45) is 7.05 Å². The highest BCUT2D eigenvalue weighted by molar-refractivity contribution is 8.03. The van der Waals surface area contributed by atoms with Crippen molar-refractivity contribution in [2.75, 3.05) is 0 Å². The summed E-state index contributed by atoms with van der Waals surface area (Å²) in [6.45, 7) is 0. The van der Waals surface area contributed by atoms with Crippen molar-refractivity contribution in [1.29, 1.82) is 5.26 Å². The number of nitriles is 1. The molecule has 1 aliphatic rings. The molecule has 0 saturated heterocycles. The normalized spacial score (nSPS) is 14.3. The molecule has 0 aromatic carbocycles. The number of nitrogens with zero attached hydrogens (tertiary/aromatic N) is 4. The molecule has 3 rings (SSSR count). The van der Waals surface area contributed by atoms with E-state index in [4.69, 9.17) is 5.26 Å². The van der Waals surface area contributed by atoms with Crippen LogP contribution in [0, 0.1) is 10.7 Å². The van der Waals surface area contributed by atoms with Gasteiger partial charge in [0.25, 0.3) is 5.56 Å². The molecule has 0 amide bonds. The minimum Gasteiger partial charge on any atom is -0.280 e. The molecule has 2 aromatic heterocycles. The number of thiocyanates is 1. The Balaban J connectivity index is 2.17. The van der Waals surface area contributed by atoms with E-state index in [9.17, 15) is 4.79 Å². The van der Waals surface area contributed by atoms with Gasteiger partial charge in [0.2, 0.25) is 0 Å². The molecule has 1 fully saturated rings. The second-order valence-corrected chi connectivity index (χ2v) is 5.48. The highest BCUT2D eigenvalue weighted by Crippen LogP contribution is 2.40. The fourth-order valence-corrected chi connectivity index (χ4v) is 2.54. The topological polar surface area (TPSA) is 63.6 Å². The van der Waals surface area contributed by atoms with Crippen molar-refractivity contribution in [3.05, 3.63) is 40.6 Å². The molecule has 96 valence electrons. The standard InChI is InChI=1S/C13H12N4OS/c1-16-7-11(5-15-16)17-6-10(9-2-3-9)4-12(13(17)18)19-8-14/h4-7,9H,2-3H2,1H3. The lowest BCUT2D eigenvalue weighted by atomic mass is 10.2. The van der Waals surface area contributed by atoms with Crippen LogP contribution in [0.2, 0.25) is 0 Å². The second kappa shape index (κ2) is 4.59. The van der Waals surface area contributed by atoms with Crippen LogP contribution < -0.4 is 5.56 Å². The molecular formula is C13H12N4OS. The molecule has 0 spiro atoms. The molecule has 2 aromatic rings. The molecule has 0 radical (unpaired) electrons. The smallest absolute Gasteiger partial charge is 0.269 e. The first kappa shape index (κ1) is 12.1. The molecule has 0 N–H and O–H groups in total. The van der Waals surface area contributed by atoms with Gasteiger partial charge in [-0.05, 0) is 42.2 Å². The summed E-state index contributed by atoms with van der Waals surface area (Å²) in [7, 11) is 1.81. The van der Waals surface area contributed by atoms with Crippen molar-refractivity contribution < 1.29 is 0 Å². The molecule has 19 heavy (non-hydrogen) atoms. The van der Waals surface area contributed by atoms with Gasteiger partial charge in [0, 0.05) is 19.4 Å². The lowest BCUT2D eigenvalue weighted by molar-refractivity contribution is 0.766. The van der Waals surface area contributed by atoms with E-state index in [-0.39, 0.29) is 5.56 Å². The minimum absolute atomic E-state index is 0.163. The first-order valence-electron chi connectivity index (χ1n) is 6.00. The first-order chi connectivity index (χ1) is 9.19. The number of rotatable bonds is 3. The summed E-state index contributed by atoms with van der Waals surface area (Å²) in [4.78, 5) is 12.8. The Morgan fingerprint density at radius 2 is 2.26 bits per heavy atom. The molecule has 6 heteroatoms. The Morgan fingerprint density at radius 3 is 2.84 bits per heavy atom. The molecular weight excluding hydrogens is 260 g/mol. The Labute approximate surface area is 114 Å². The van der Waals surface area contributed by atoms with E-state index in [1.807, 2.05) is 24.7 Å². The molecule has 0 unspecified atom stereocenters. The van der Waals surface area contributed by atoms with Crippen LogP contribution in [-0.4, -0.2) is 14.3 Å². The van der Waals surface area contributed by atoms with Crippen LogP contribution in [-0.2, 0) is 7.05 Å². The van der Waals surface area contributed by atoms with Crippen molar-refractivity contribution in [3.8, 4) is 11.1 Å². The largest absolute Gasteiger partial charge is 0.280 e. The summed E-state index contributed by atoms with van der Waals surface area (Å²) < 4.78 is 3.24. The molecule has 0 aliphatic heterocycles. The van der Waals surface area contributed by atoms with E-state index in [1.165, 1.54) is 0 Å². The Bertz CT molecular complexity index is 721. The number of aromatic nitrogens is 3. The lowest BCUT2D eigenvalue weighted by Gasteiger charge is -2.07. The van der Waals surface area contributed by atoms with Gasteiger partial charge in [-0.3, -0.25) is 14.0 Å². The Hall–Kier alpha value is -2.00. The van der Waals surface area contributed by atoms with Gasteiger partial charge >= 0.3 is 0 Å². The molecule has 0 bridgehead atoms. The van der Waals surface area contributed by atoms with E-state index in [2.05, 4.69) is 5.10 Å². The Morgan fingerprint density at radius 1 is 1.47 bits per heavy atom. The van der Waals surface area contributed by atoms with Crippen LogP contribution in [0.15, 0.2) is 34.3 Å². The minimum atomic E-state index is -0.163. The summed E-state index contributed by atoms with van der Waals surface area (Å²) >= 11 is 0.922. The maximum atomic E-state index is 12.3. The summed E-state index contributed by atoms with van der Waals surface area (Å²) in [5.41, 5.74) is 1.69. The van der Waals surface area contributed by atoms with Gasteiger partial charge in [0.15, 0.2) is 0 Å². The zero-order valence-corrected chi connectivity index (χ0v) is 11.2. The zero-order valence-electron chi connectivity index (χ0n) is 10.4. The molecule has 1 aliphatic carbocycles. The van der Waals surface area contributed by atoms with Crippen molar-refractivity contribution in [2.45, 2.75) is 23.7 Å². The fourth-order valence-electron chi connectivity index (χ4n) is 2.06. The van der Waals surface area contributed by atoms with Gasteiger partial charge in [-0.25, -0.2) is 0 Å². The number of aryl methyl sites for hydroxylation is 1. The summed E-state index contributed by atoms with van der Waals surface area (Å²) in [6.07, 6.45) is 7.63. The molecule has 0 atom stereocenters. The molecule has 5 nitrogen and oxygen atoms in total. The summed E-state index contributed by atoms with van der Waals surface area (Å²) in [5.74, 6) is 0.529. The quantitative estimate of drug-likeness (QED) is 0.633. The number of hydrogen-bond acceptors (Lipinski definition) is 4. The number of hydrogen-bond donors (Lipinski definition) is 0. The molecule has 1 saturated carbocycles. The monoisotopic (exact) mass is 272 g/mol. The lowest BCUT2D eigenvalue weighted by Crippen LogP contribution is -2.19. The third-order valence-electron chi connectivity index (χ3n) is 3.18. The van der Waals surface area contributed by atoms with Crippen LogP contribution in [0.4, 0.5) is 0 Å². The van der Waals surface area contributed by atoms with E-state index >= 15 is 0 Å². The SMILES string of the molecule is Cn1cc(-n2cc(C3CC3)cc(SC#N)c2=O)cn1. The highest BCUT2D eigenvalue weighted by atomic mass is 32.2. The second-order valence-electron chi connectivity index (χ2n) is 4.65. The third kappa shape index (κ3) is 2.29. The third-order valence-corrected chi connectivity index (χ3v) is 3.78. The number of thioether (sulfide) groups is 1. The zero-order chi connectivity index (χ0) is 13.4. The van der Waals surface area contributed by atoms with Gasteiger partial charge in [-0.15, -0.1) is 0 Å². The number of pyridine rings is 1. The predicted molar refractivity (Wildman–Crippen MR) is 72.3 cm³/mol. The maximum Gasteiger partial charge on any atom is 0.269 e. The predicted octanol–water partition coefficient (Wildman–Crippen LogP) is 2.02. The van der Waals surface area contributed by atoms with Crippen LogP contribution in [0.5, 0.6) is 0 Å². The highest BCUT2D eigenvalue weighted by Gasteiger charge is 2.25. The van der Waals surface area contributed by atoms with Gasteiger partial charge < -0.3 is 0 Å². The average molecular weight is 272 g/mol. The van der Waals surface area contributed by atoms with E-state index in [0.717, 1.165) is 35.9 Å². The van der Waals surface area contributed by atoms with E-state index in [1.54, 1.807) is 21.6 Å². The van der Waals surface area contributed by atoms with Crippen molar-refractivity contribution in [1.82, 2.24) is 14.3 Å². The van der Waals surface area contributed by atoms with Gasteiger partial charge in [-0.2, -0.15) is 10.4 Å². The van der Waals surface area contributed by atoms with E-state index < -0.39 is 0 Å². The Kier molecular flexibility index (Phi) is 2.91. The van der Waals surface area contributed by atoms with Crippen LogP contribution in [0.3, 0.4) is 0 Å². The fraction of sp³-hybridized carbons (Fsp3) is 0.308. The first-order valence-corrected chi connectivity index (χ1v) is 6.82. The summed E-state index contributed by atoms with van der Waals surface area (Å²) in [5, 5.41) is 14.9. The van der Waals surface area contributed by atoms with Gasteiger partial charge in [0.1, 0.15) is 5.40 Å². The van der Waals surface area contributed by atoms with Crippen molar-refractivity contribution >= 4 is 11.8 Å². The summed E-state index contributed by atoms with van der Waals surface area (Å²) in [6, 6.07) is 1.85. The maximum absolute atomic E-state index is 12.3. The van der Waals surface area contributed by atoms with E-state index in [0.29, 0.717) is 10.8 Å². The van der Waals surface area contributed by atoms with Crippen LogP contribution >= 0.6 is 11.8 Å². The van der Waals surface area contributed by atoms with Gasteiger partial charge in [0.05, 0.1) is 16.8 Å². The average Bonchev–Trinajstić information content (AvgIpc) is 3.15. The van der Waals surface area contributed by atoms with Crippen molar-refractivity contribution in [3.63, 3.8) is 0 Å². The van der Waals surface area contributed by atoms with Crippen LogP contribution in [0.25, 0.3) is 5.69 Å². The van der Waals surface area contributed by atoms with Crippen LogP contribution in [0.1, 0.15) is 24.3 Å². The van der Waals surface area contributed by atoms with Gasteiger partial charge in [-0.1, -0.05) is 0 Å².